The first-order chi connectivity index (χ1) is 12.3. The van der Waals surface area contributed by atoms with Gasteiger partial charge in [0.1, 0.15) is 5.69 Å². The zero-order chi connectivity index (χ0) is 17.2. The van der Waals surface area contributed by atoms with Gasteiger partial charge in [-0.3, -0.25) is 15.1 Å². The first-order valence-electron chi connectivity index (χ1n) is 7.88. The highest BCUT2D eigenvalue weighted by Gasteiger charge is 2.14. The molecule has 6 nitrogen and oxygen atoms in total. The summed E-state index contributed by atoms with van der Waals surface area (Å²) in [5, 5.41) is 8.37. The van der Waals surface area contributed by atoms with Gasteiger partial charge in [-0.1, -0.05) is 24.8 Å². The van der Waals surface area contributed by atoms with E-state index in [-0.39, 0.29) is 0 Å². The van der Waals surface area contributed by atoms with Crippen LogP contribution in [0.15, 0.2) is 55.4 Å². The van der Waals surface area contributed by atoms with Crippen LogP contribution in [0.5, 0.6) is 0 Å². The minimum absolute atomic E-state index is 0.714. The van der Waals surface area contributed by atoms with Crippen molar-refractivity contribution in [2.45, 2.75) is 6.92 Å². The summed E-state index contributed by atoms with van der Waals surface area (Å²) in [7, 11) is 0. The van der Waals surface area contributed by atoms with Crippen LogP contribution in [0.3, 0.4) is 0 Å². The Morgan fingerprint density at radius 2 is 2.08 bits per heavy atom. The number of nitrogens with zero attached hydrogens (tertiary/aromatic N) is 4. The fourth-order valence-electron chi connectivity index (χ4n) is 2.66. The standard InChI is InChI=1S/C19H16N6/c1-3-4-7-14-12(2)22-19(23-14)18-13-10-16(15-8-5-6-9-20-15)21-11-17(13)24-25-18/h3-11H,1H2,2H3,(H,22,23)(H,24,25)/b7-4-. The Morgan fingerprint density at radius 3 is 2.88 bits per heavy atom. The Bertz CT molecular complexity index is 1070. The molecule has 0 aliphatic heterocycles. The fraction of sp³-hybridized carbons (Fsp3) is 0.0526. The van der Waals surface area contributed by atoms with Crippen LogP contribution in [0.4, 0.5) is 0 Å². The summed E-state index contributed by atoms with van der Waals surface area (Å²) in [5.41, 5.74) is 5.07. The lowest BCUT2D eigenvalue weighted by Gasteiger charge is -2.00. The van der Waals surface area contributed by atoms with Gasteiger partial charge in [0, 0.05) is 17.3 Å². The average molecular weight is 328 g/mol. The molecule has 2 N–H and O–H groups in total. The Kier molecular flexibility index (Phi) is 3.70. The fourth-order valence-corrected chi connectivity index (χ4v) is 2.66. The van der Waals surface area contributed by atoms with E-state index in [9.17, 15) is 0 Å². The molecule has 0 radical (unpaired) electrons. The van der Waals surface area contributed by atoms with Gasteiger partial charge >= 0.3 is 0 Å². The molecule has 0 fully saturated rings. The monoisotopic (exact) mass is 328 g/mol. The maximum Gasteiger partial charge on any atom is 0.159 e. The van der Waals surface area contributed by atoms with E-state index in [1.165, 1.54) is 0 Å². The minimum atomic E-state index is 0.714. The number of imidazole rings is 1. The first-order valence-corrected chi connectivity index (χ1v) is 7.88. The zero-order valence-corrected chi connectivity index (χ0v) is 13.7. The molecule has 25 heavy (non-hydrogen) atoms. The van der Waals surface area contributed by atoms with Gasteiger partial charge in [0.25, 0.3) is 0 Å². The topological polar surface area (TPSA) is 83.1 Å². The maximum absolute atomic E-state index is 4.63. The van der Waals surface area contributed by atoms with Crippen LogP contribution < -0.4 is 0 Å². The van der Waals surface area contributed by atoms with Crippen molar-refractivity contribution in [1.29, 1.82) is 0 Å². The number of hydrogen-bond donors (Lipinski definition) is 2. The molecule has 4 aromatic rings. The van der Waals surface area contributed by atoms with Crippen LogP contribution in [0.2, 0.25) is 0 Å². The molecule has 0 amide bonds. The molecule has 4 rings (SSSR count). The largest absolute Gasteiger partial charge is 0.340 e. The number of aryl methyl sites for hydroxylation is 1. The number of hydrogen-bond acceptors (Lipinski definition) is 4. The normalized spacial score (nSPS) is 11.4. The van der Waals surface area contributed by atoms with Gasteiger partial charge in [-0.25, -0.2) is 4.98 Å². The zero-order valence-electron chi connectivity index (χ0n) is 13.7. The molecule has 4 aromatic heterocycles. The number of H-pyrrole nitrogens is 2. The SMILES string of the molecule is C=C/C=C\c1nc(-c2n[nH]c3cnc(-c4ccccn4)cc23)[nH]c1C. The van der Waals surface area contributed by atoms with E-state index in [1.54, 1.807) is 18.5 Å². The van der Waals surface area contributed by atoms with Gasteiger partial charge in [0.05, 0.1) is 28.8 Å². The van der Waals surface area contributed by atoms with Gasteiger partial charge in [-0.15, -0.1) is 0 Å². The molecule has 0 spiro atoms. The first kappa shape index (κ1) is 15.0. The van der Waals surface area contributed by atoms with Crippen LogP contribution in [-0.2, 0) is 0 Å². The number of fused-ring (bicyclic) bond motifs is 1. The van der Waals surface area contributed by atoms with Crippen molar-refractivity contribution in [3.8, 4) is 22.9 Å². The third-order valence-corrected chi connectivity index (χ3v) is 3.91. The van der Waals surface area contributed by atoms with E-state index in [2.05, 4.69) is 36.7 Å². The summed E-state index contributed by atoms with van der Waals surface area (Å²) >= 11 is 0. The predicted molar refractivity (Wildman–Crippen MR) is 98.7 cm³/mol. The predicted octanol–water partition coefficient (Wildman–Crippen LogP) is 3.92. The van der Waals surface area contributed by atoms with Crippen molar-refractivity contribution in [2.24, 2.45) is 0 Å². The molecule has 4 heterocycles. The van der Waals surface area contributed by atoms with Crippen molar-refractivity contribution in [3.63, 3.8) is 0 Å². The average Bonchev–Trinajstić information content (AvgIpc) is 3.23. The van der Waals surface area contributed by atoms with Gasteiger partial charge in [0.15, 0.2) is 5.82 Å². The lowest BCUT2D eigenvalue weighted by molar-refractivity contribution is 1.10. The van der Waals surface area contributed by atoms with Crippen LogP contribution in [0.1, 0.15) is 11.4 Å². The van der Waals surface area contributed by atoms with E-state index in [0.717, 1.165) is 39.4 Å². The maximum atomic E-state index is 4.63. The van der Waals surface area contributed by atoms with Gasteiger partial charge in [0.2, 0.25) is 0 Å². The molecule has 0 saturated carbocycles. The number of aromatic amines is 2. The lowest BCUT2D eigenvalue weighted by Crippen LogP contribution is -1.87. The Hall–Kier alpha value is -3.54. The number of nitrogens with one attached hydrogen (secondary N) is 2. The second-order valence-electron chi connectivity index (χ2n) is 5.59. The molecule has 0 bridgehead atoms. The van der Waals surface area contributed by atoms with Crippen LogP contribution in [0.25, 0.3) is 39.9 Å². The van der Waals surface area contributed by atoms with Crippen molar-refractivity contribution in [2.75, 3.05) is 0 Å². The molecule has 0 aromatic carbocycles. The van der Waals surface area contributed by atoms with Crippen LogP contribution in [0, 0.1) is 6.92 Å². The van der Waals surface area contributed by atoms with E-state index < -0.39 is 0 Å². The second-order valence-corrected chi connectivity index (χ2v) is 5.59. The highest BCUT2D eigenvalue weighted by atomic mass is 15.1. The Labute approximate surface area is 144 Å². The van der Waals surface area contributed by atoms with Crippen LogP contribution >= 0.6 is 0 Å². The summed E-state index contributed by atoms with van der Waals surface area (Å²) in [5.74, 6) is 0.714. The molecular formula is C19H16N6. The van der Waals surface area contributed by atoms with Gasteiger partial charge < -0.3 is 4.98 Å². The minimum Gasteiger partial charge on any atom is -0.340 e. The second kappa shape index (κ2) is 6.16. The molecule has 122 valence electrons. The summed E-state index contributed by atoms with van der Waals surface area (Å²) in [6.45, 7) is 5.67. The summed E-state index contributed by atoms with van der Waals surface area (Å²) in [4.78, 5) is 16.7. The van der Waals surface area contributed by atoms with Crippen LogP contribution in [-0.4, -0.2) is 30.1 Å². The smallest absolute Gasteiger partial charge is 0.159 e. The number of rotatable bonds is 4. The molecule has 0 saturated heterocycles. The van der Waals surface area contributed by atoms with E-state index in [0.29, 0.717) is 5.82 Å². The molecule has 0 aliphatic rings. The van der Waals surface area contributed by atoms with Gasteiger partial charge in [-0.2, -0.15) is 5.10 Å². The summed E-state index contributed by atoms with van der Waals surface area (Å²) in [6, 6.07) is 7.74. The molecule has 0 atom stereocenters. The molecular weight excluding hydrogens is 312 g/mol. The number of aromatic nitrogens is 6. The van der Waals surface area contributed by atoms with Crippen molar-refractivity contribution >= 4 is 17.0 Å². The molecule has 0 unspecified atom stereocenters. The quantitative estimate of drug-likeness (QED) is 0.556. The Balaban J connectivity index is 1.83. The third kappa shape index (κ3) is 2.74. The van der Waals surface area contributed by atoms with Crippen molar-refractivity contribution in [1.82, 2.24) is 30.1 Å². The molecule has 6 heteroatoms. The summed E-state index contributed by atoms with van der Waals surface area (Å²) in [6.07, 6.45) is 9.02. The molecule has 0 aliphatic carbocycles. The van der Waals surface area contributed by atoms with Crippen molar-refractivity contribution < 1.29 is 0 Å². The highest BCUT2D eigenvalue weighted by molar-refractivity contribution is 5.92. The highest BCUT2D eigenvalue weighted by Crippen LogP contribution is 2.27. The van der Waals surface area contributed by atoms with E-state index >= 15 is 0 Å². The van der Waals surface area contributed by atoms with Crippen molar-refractivity contribution in [3.05, 3.63) is 66.8 Å². The lowest BCUT2D eigenvalue weighted by atomic mass is 10.1. The van der Waals surface area contributed by atoms with E-state index in [1.807, 2.05) is 43.3 Å². The Morgan fingerprint density at radius 1 is 1.16 bits per heavy atom. The third-order valence-electron chi connectivity index (χ3n) is 3.91. The summed E-state index contributed by atoms with van der Waals surface area (Å²) < 4.78 is 0. The van der Waals surface area contributed by atoms with E-state index in [4.69, 9.17) is 0 Å². The van der Waals surface area contributed by atoms with Gasteiger partial charge in [-0.05, 0) is 31.2 Å². The number of allylic oxidation sites excluding steroid dienone is 2. The number of pyridine rings is 2.